The van der Waals surface area contributed by atoms with E-state index in [4.69, 9.17) is 4.74 Å². The first-order chi connectivity index (χ1) is 7.76. The van der Waals surface area contributed by atoms with Crippen molar-refractivity contribution in [3.8, 4) is 0 Å². The van der Waals surface area contributed by atoms with Crippen LogP contribution in [0.1, 0.15) is 19.0 Å². The predicted octanol–water partition coefficient (Wildman–Crippen LogP) is 2.32. The molecular weight excluding hydrogens is 220 g/mol. The Labute approximate surface area is 102 Å². The van der Waals surface area contributed by atoms with Gasteiger partial charge in [-0.25, -0.2) is 4.98 Å². The maximum absolute atomic E-state index is 5.53. The molecule has 0 amide bonds. The third kappa shape index (κ3) is 2.28. The zero-order valence-corrected chi connectivity index (χ0v) is 11.0. The highest BCUT2D eigenvalue weighted by atomic mass is 32.2. The minimum atomic E-state index is 0.392. The van der Waals surface area contributed by atoms with Gasteiger partial charge in [-0.15, -0.1) is 11.8 Å². The maximum atomic E-state index is 5.53. The first-order valence-corrected chi connectivity index (χ1v) is 6.90. The number of methoxy groups -OCH3 is 1. The molecule has 0 unspecified atom stereocenters. The second-order valence-electron chi connectivity index (χ2n) is 4.47. The number of aryl methyl sites for hydroxylation is 1. The van der Waals surface area contributed by atoms with Crippen LogP contribution < -0.4 is 0 Å². The van der Waals surface area contributed by atoms with Gasteiger partial charge in [0.25, 0.3) is 0 Å². The van der Waals surface area contributed by atoms with Crippen LogP contribution in [0.3, 0.4) is 0 Å². The lowest BCUT2D eigenvalue weighted by Crippen LogP contribution is -2.22. The Morgan fingerprint density at radius 1 is 1.62 bits per heavy atom. The summed E-state index contributed by atoms with van der Waals surface area (Å²) in [6, 6.07) is 0. The standard InChI is InChI=1S/C12H20N2OS/c1-4-11-9(7-16-12(11)15-3)5-10-6-13-8-14(10)2/h6,8-9,11-12H,4-5,7H2,1-3H3/t9-,11-,12-/m1/s1. The number of thioether (sulfide) groups is 1. The van der Waals surface area contributed by atoms with Crippen LogP contribution in [0, 0.1) is 11.8 Å². The lowest BCUT2D eigenvalue weighted by Gasteiger charge is -2.21. The molecule has 1 aromatic heterocycles. The normalized spacial score (nSPS) is 29.8. The van der Waals surface area contributed by atoms with Gasteiger partial charge in [-0.3, -0.25) is 0 Å². The minimum Gasteiger partial charge on any atom is -0.371 e. The van der Waals surface area contributed by atoms with Crippen LogP contribution in [-0.2, 0) is 18.2 Å². The van der Waals surface area contributed by atoms with E-state index in [2.05, 4.69) is 23.5 Å². The monoisotopic (exact) mass is 240 g/mol. The van der Waals surface area contributed by atoms with Gasteiger partial charge in [0.05, 0.1) is 6.33 Å². The van der Waals surface area contributed by atoms with E-state index in [1.165, 1.54) is 17.9 Å². The van der Waals surface area contributed by atoms with E-state index in [1.807, 2.05) is 31.4 Å². The first-order valence-electron chi connectivity index (χ1n) is 5.85. The van der Waals surface area contributed by atoms with E-state index in [0.29, 0.717) is 11.4 Å². The van der Waals surface area contributed by atoms with Crippen molar-refractivity contribution in [1.82, 2.24) is 9.55 Å². The molecule has 0 spiro atoms. The molecule has 3 nitrogen and oxygen atoms in total. The van der Waals surface area contributed by atoms with Crippen molar-refractivity contribution in [1.29, 1.82) is 0 Å². The summed E-state index contributed by atoms with van der Waals surface area (Å²) in [6.07, 6.45) is 6.19. The third-order valence-corrected chi connectivity index (χ3v) is 5.01. The zero-order valence-electron chi connectivity index (χ0n) is 10.2. The largest absolute Gasteiger partial charge is 0.371 e. The summed E-state index contributed by atoms with van der Waals surface area (Å²) in [4.78, 5) is 4.18. The lowest BCUT2D eigenvalue weighted by molar-refractivity contribution is 0.106. The Balaban J connectivity index is 2.03. The summed E-state index contributed by atoms with van der Waals surface area (Å²) < 4.78 is 7.66. The SMILES string of the molecule is CC[C@@H]1[C@H](Cc2cncn2C)CS[C@H]1OC. The summed E-state index contributed by atoms with van der Waals surface area (Å²) in [5, 5.41) is 0. The Bertz CT molecular complexity index is 340. The van der Waals surface area contributed by atoms with Crippen molar-refractivity contribution in [2.45, 2.75) is 25.2 Å². The fourth-order valence-corrected chi connectivity index (χ4v) is 4.12. The molecule has 16 heavy (non-hydrogen) atoms. The van der Waals surface area contributed by atoms with E-state index in [1.54, 1.807) is 0 Å². The Hall–Kier alpha value is -0.480. The number of hydrogen-bond donors (Lipinski definition) is 0. The van der Waals surface area contributed by atoms with Gasteiger partial charge in [0.1, 0.15) is 5.44 Å². The van der Waals surface area contributed by atoms with Crippen molar-refractivity contribution in [2.75, 3.05) is 12.9 Å². The van der Waals surface area contributed by atoms with E-state index >= 15 is 0 Å². The number of hydrogen-bond acceptors (Lipinski definition) is 3. The highest BCUT2D eigenvalue weighted by Gasteiger charge is 2.35. The number of aromatic nitrogens is 2. The molecule has 2 heterocycles. The molecular formula is C12H20N2OS. The summed E-state index contributed by atoms with van der Waals surface area (Å²) in [5.74, 6) is 2.63. The van der Waals surface area contributed by atoms with E-state index in [-0.39, 0.29) is 0 Å². The Morgan fingerprint density at radius 2 is 2.44 bits per heavy atom. The van der Waals surface area contributed by atoms with Crippen LogP contribution >= 0.6 is 11.8 Å². The van der Waals surface area contributed by atoms with Crippen molar-refractivity contribution < 1.29 is 4.74 Å². The third-order valence-electron chi connectivity index (χ3n) is 3.52. The van der Waals surface area contributed by atoms with Crippen molar-refractivity contribution in [3.63, 3.8) is 0 Å². The van der Waals surface area contributed by atoms with Gasteiger partial charge in [0.2, 0.25) is 0 Å². The Morgan fingerprint density at radius 3 is 3.00 bits per heavy atom. The molecule has 0 bridgehead atoms. The molecule has 0 radical (unpaired) electrons. The van der Waals surface area contributed by atoms with Gasteiger partial charge >= 0.3 is 0 Å². The van der Waals surface area contributed by atoms with Crippen molar-refractivity contribution >= 4 is 11.8 Å². The number of rotatable bonds is 4. The van der Waals surface area contributed by atoms with Crippen LogP contribution in [0.15, 0.2) is 12.5 Å². The molecule has 0 aromatic carbocycles. The molecule has 0 N–H and O–H groups in total. The Kier molecular flexibility index (Phi) is 3.92. The lowest BCUT2D eigenvalue weighted by atomic mass is 9.89. The van der Waals surface area contributed by atoms with Gasteiger partial charge in [0, 0.05) is 26.0 Å². The van der Waals surface area contributed by atoms with Crippen LogP contribution in [0.2, 0.25) is 0 Å². The molecule has 90 valence electrons. The van der Waals surface area contributed by atoms with Gasteiger partial charge in [-0.1, -0.05) is 6.92 Å². The highest BCUT2D eigenvalue weighted by Crippen LogP contribution is 2.40. The maximum Gasteiger partial charge on any atom is 0.105 e. The molecule has 1 aromatic rings. The molecule has 3 atom stereocenters. The van der Waals surface area contributed by atoms with Crippen LogP contribution in [0.5, 0.6) is 0 Å². The minimum absolute atomic E-state index is 0.392. The molecule has 0 aliphatic carbocycles. The van der Waals surface area contributed by atoms with E-state index < -0.39 is 0 Å². The number of ether oxygens (including phenoxy) is 1. The average molecular weight is 240 g/mol. The second-order valence-corrected chi connectivity index (χ2v) is 5.60. The molecule has 4 heteroatoms. The summed E-state index contributed by atoms with van der Waals surface area (Å²) >= 11 is 1.96. The smallest absolute Gasteiger partial charge is 0.105 e. The average Bonchev–Trinajstić information content (AvgIpc) is 2.86. The van der Waals surface area contributed by atoms with E-state index in [9.17, 15) is 0 Å². The number of imidazole rings is 1. The molecule has 1 aliphatic heterocycles. The number of nitrogens with zero attached hydrogens (tertiary/aromatic N) is 2. The van der Waals surface area contributed by atoms with Crippen LogP contribution in [0.4, 0.5) is 0 Å². The summed E-state index contributed by atoms with van der Waals surface area (Å²) in [7, 11) is 3.89. The van der Waals surface area contributed by atoms with Gasteiger partial charge in [0.15, 0.2) is 0 Å². The van der Waals surface area contributed by atoms with Crippen LogP contribution in [0.25, 0.3) is 0 Å². The van der Waals surface area contributed by atoms with Gasteiger partial charge < -0.3 is 9.30 Å². The molecule has 1 fully saturated rings. The topological polar surface area (TPSA) is 27.1 Å². The highest BCUT2D eigenvalue weighted by molar-refractivity contribution is 8.00. The molecule has 0 saturated carbocycles. The summed E-state index contributed by atoms with van der Waals surface area (Å²) in [6.45, 7) is 2.26. The van der Waals surface area contributed by atoms with Gasteiger partial charge in [-0.2, -0.15) is 0 Å². The fraction of sp³-hybridized carbons (Fsp3) is 0.750. The van der Waals surface area contributed by atoms with Gasteiger partial charge in [-0.05, 0) is 30.4 Å². The molecule has 1 saturated heterocycles. The second kappa shape index (κ2) is 5.23. The summed E-state index contributed by atoms with van der Waals surface area (Å²) in [5.41, 5.74) is 1.73. The predicted molar refractivity (Wildman–Crippen MR) is 67.4 cm³/mol. The molecule has 2 rings (SSSR count). The van der Waals surface area contributed by atoms with Crippen molar-refractivity contribution in [2.24, 2.45) is 18.9 Å². The zero-order chi connectivity index (χ0) is 11.5. The molecule has 1 aliphatic rings. The van der Waals surface area contributed by atoms with Crippen molar-refractivity contribution in [3.05, 3.63) is 18.2 Å². The fourth-order valence-electron chi connectivity index (χ4n) is 2.52. The first kappa shape index (κ1) is 12.0. The quantitative estimate of drug-likeness (QED) is 0.808. The van der Waals surface area contributed by atoms with Crippen LogP contribution in [-0.4, -0.2) is 27.8 Å². The van der Waals surface area contributed by atoms with E-state index in [0.717, 1.165) is 12.3 Å².